The molecule has 2 unspecified atom stereocenters. The fraction of sp³-hybridized carbons (Fsp3) is 0.571. The molecule has 2 atom stereocenters. The van der Waals surface area contributed by atoms with Gasteiger partial charge in [0, 0.05) is 13.2 Å². The highest BCUT2D eigenvalue weighted by Crippen LogP contribution is 2.28. The maximum Gasteiger partial charge on any atom is 0.243 e. The molecule has 0 aliphatic heterocycles. The molecule has 0 heterocycles. The number of hydrogen-bond donors (Lipinski definition) is 2. The summed E-state index contributed by atoms with van der Waals surface area (Å²) < 4.78 is 33.3. The highest BCUT2D eigenvalue weighted by molar-refractivity contribution is 7.89. The number of ether oxygens (including phenoxy) is 1. The van der Waals surface area contributed by atoms with Crippen molar-refractivity contribution >= 4 is 15.7 Å². The monoisotopic (exact) mass is 298 g/mol. The molecule has 2 rings (SSSR count). The number of aryl methyl sites for hydroxylation is 1. The Morgan fingerprint density at radius 1 is 1.30 bits per heavy atom. The van der Waals surface area contributed by atoms with Crippen molar-refractivity contribution < 1.29 is 13.2 Å². The van der Waals surface area contributed by atoms with Crippen LogP contribution in [0.4, 0.5) is 5.69 Å². The third-order valence-corrected chi connectivity index (χ3v) is 5.73. The second-order valence-corrected chi connectivity index (χ2v) is 7.01. The predicted molar refractivity (Wildman–Crippen MR) is 79.1 cm³/mol. The van der Waals surface area contributed by atoms with Crippen molar-refractivity contribution in [3.63, 3.8) is 0 Å². The number of nitrogen functional groups attached to an aromatic ring is 1. The second-order valence-electron chi connectivity index (χ2n) is 5.36. The highest BCUT2D eigenvalue weighted by Gasteiger charge is 2.32. The standard InChI is InChI=1S/C14H22N2O3S/c1-9-7-8-11(15)14(10(9)2)20(17,18)16-12-5-4-6-13(12)19-3/h7-8,12-13,16H,4-6,15H2,1-3H3. The minimum absolute atomic E-state index is 0.0592. The largest absolute Gasteiger partial charge is 0.398 e. The van der Waals surface area contributed by atoms with Crippen molar-refractivity contribution in [2.75, 3.05) is 12.8 Å². The van der Waals surface area contributed by atoms with E-state index in [1.54, 1.807) is 20.1 Å². The molecule has 0 amide bonds. The molecule has 0 aromatic heterocycles. The molecule has 112 valence electrons. The number of anilines is 1. The van der Waals surface area contributed by atoms with E-state index in [0.717, 1.165) is 24.8 Å². The van der Waals surface area contributed by atoms with Crippen LogP contribution in [0.5, 0.6) is 0 Å². The van der Waals surface area contributed by atoms with Crippen LogP contribution in [0.1, 0.15) is 30.4 Å². The summed E-state index contributed by atoms with van der Waals surface area (Å²) in [5, 5.41) is 0. The fourth-order valence-corrected chi connectivity index (χ4v) is 4.50. The van der Waals surface area contributed by atoms with E-state index >= 15 is 0 Å². The van der Waals surface area contributed by atoms with E-state index in [1.165, 1.54) is 0 Å². The Morgan fingerprint density at radius 2 is 2.00 bits per heavy atom. The highest BCUT2D eigenvalue weighted by atomic mass is 32.2. The second kappa shape index (κ2) is 5.71. The van der Waals surface area contributed by atoms with Crippen LogP contribution in [0.3, 0.4) is 0 Å². The van der Waals surface area contributed by atoms with Crippen LogP contribution in [-0.4, -0.2) is 27.7 Å². The van der Waals surface area contributed by atoms with E-state index < -0.39 is 10.0 Å². The van der Waals surface area contributed by atoms with Crippen LogP contribution in [0.25, 0.3) is 0 Å². The topological polar surface area (TPSA) is 81.4 Å². The van der Waals surface area contributed by atoms with Gasteiger partial charge in [0.05, 0.1) is 11.8 Å². The minimum Gasteiger partial charge on any atom is -0.398 e. The lowest BCUT2D eigenvalue weighted by atomic mass is 10.1. The Hall–Kier alpha value is -1.11. The first-order valence-electron chi connectivity index (χ1n) is 6.77. The molecule has 0 radical (unpaired) electrons. The van der Waals surface area contributed by atoms with Crippen molar-refractivity contribution in [3.8, 4) is 0 Å². The molecule has 0 saturated heterocycles. The smallest absolute Gasteiger partial charge is 0.243 e. The molecule has 1 saturated carbocycles. The van der Waals surface area contributed by atoms with E-state index in [9.17, 15) is 8.42 Å². The molecule has 0 bridgehead atoms. The van der Waals surface area contributed by atoms with E-state index in [-0.39, 0.29) is 22.7 Å². The molecule has 1 aliphatic carbocycles. The van der Waals surface area contributed by atoms with E-state index in [1.807, 2.05) is 13.0 Å². The van der Waals surface area contributed by atoms with Gasteiger partial charge in [0.15, 0.2) is 0 Å². The summed E-state index contributed by atoms with van der Waals surface area (Å²) in [5.41, 5.74) is 7.76. The zero-order valence-electron chi connectivity index (χ0n) is 12.1. The average molecular weight is 298 g/mol. The minimum atomic E-state index is -3.63. The van der Waals surface area contributed by atoms with Gasteiger partial charge in [0.2, 0.25) is 10.0 Å². The number of nitrogens with two attached hydrogens (primary N) is 1. The Balaban J connectivity index is 2.34. The molecule has 20 heavy (non-hydrogen) atoms. The first kappa shape index (κ1) is 15.3. The van der Waals surface area contributed by atoms with Crippen LogP contribution in [-0.2, 0) is 14.8 Å². The van der Waals surface area contributed by atoms with Gasteiger partial charge in [-0.25, -0.2) is 13.1 Å². The molecule has 1 aromatic rings. The molecule has 1 fully saturated rings. The van der Waals surface area contributed by atoms with Crippen molar-refractivity contribution in [3.05, 3.63) is 23.3 Å². The van der Waals surface area contributed by atoms with Crippen LogP contribution in [0.2, 0.25) is 0 Å². The predicted octanol–water partition coefficient (Wildman–Crippen LogP) is 1.73. The molecular formula is C14H22N2O3S. The lowest BCUT2D eigenvalue weighted by molar-refractivity contribution is 0.0916. The summed E-state index contributed by atoms with van der Waals surface area (Å²) in [6.45, 7) is 3.66. The van der Waals surface area contributed by atoms with Crippen molar-refractivity contribution in [2.45, 2.75) is 50.2 Å². The van der Waals surface area contributed by atoms with Gasteiger partial charge in [0.1, 0.15) is 4.90 Å². The molecule has 1 aliphatic rings. The molecule has 0 spiro atoms. The number of sulfonamides is 1. The van der Waals surface area contributed by atoms with Crippen LogP contribution in [0, 0.1) is 13.8 Å². The summed E-state index contributed by atoms with van der Waals surface area (Å²) in [7, 11) is -2.01. The number of rotatable bonds is 4. The number of benzene rings is 1. The molecule has 1 aromatic carbocycles. The maximum atomic E-state index is 12.6. The third kappa shape index (κ3) is 2.82. The Bertz CT molecular complexity index is 599. The molecular weight excluding hydrogens is 276 g/mol. The van der Waals surface area contributed by atoms with Crippen LogP contribution >= 0.6 is 0 Å². The van der Waals surface area contributed by atoms with Gasteiger partial charge in [-0.2, -0.15) is 0 Å². The molecule has 3 N–H and O–H groups in total. The maximum absolute atomic E-state index is 12.6. The van der Waals surface area contributed by atoms with Gasteiger partial charge in [-0.3, -0.25) is 0 Å². The Labute approximate surface area is 120 Å². The quantitative estimate of drug-likeness (QED) is 0.830. The first-order valence-corrected chi connectivity index (χ1v) is 8.26. The number of methoxy groups -OCH3 is 1. The van der Waals surface area contributed by atoms with E-state index in [2.05, 4.69) is 4.72 Å². The van der Waals surface area contributed by atoms with Gasteiger partial charge in [0.25, 0.3) is 0 Å². The van der Waals surface area contributed by atoms with Crippen LogP contribution in [0.15, 0.2) is 17.0 Å². The van der Waals surface area contributed by atoms with E-state index in [4.69, 9.17) is 10.5 Å². The lowest BCUT2D eigenvalue weighted by Crippen LogP contribution is -2.41. The summed E-state index contributed by atoms with van der Waals surface area (Å²) in [6, 6.07) is 3.29. The Kier molecular flexibility index (Phi) is 4.36. The Morgan fingerprint density at radius 3 is 2.65 bits per heavy atom. The van der Waals surface area contributed by atoms with E-state index in [0.29, 0.717) is 5.56 Å². The molecule has 6 heteroatoms. The van der Waals surface area contributed by atoms with Gasteiger partial charge >= 0.3 is 0 Å². The van der Waals surface area contributed by atoms with Gasteiger partial charge < -0.3 is 10.5 Å². The molecule has 5 nitrogen and oxygen atoms in total. The van der Waals surface area contributed by atoms with Crippen molar-refractivity contribution in [1.29, 1.82) is 0 Å². The zero-order valence-corrected chi connectivity index (χ0v) is 13.0. The third-order valence-electron chi connectivity index (χ3n) is 4.04. The average Bonchev–Trinajstić information content (AvgIpc) is 2.80. The van der Waals surface area contributed by atoms with Gasteiger partial charge in [-0.15, -0.1) is 0 Å². The summed E-state index contributed by atoms with van der Waals surface area (Å²) in [4.78, 5) is 0.194. The van der Waals surface area contributed by atoms with Crippen molar-refractivity contribution in [2.24, 2.45) is 0 Å². The number of nitrogens with one attached hydrogen (secondary N) is 1. The number of hydrogen-bond acceptors (Lipinski definition) is 4. The van der Waals surface area contributed by atoms with Gasteiger partial charge in [-0.1, -0.05) is 6.07 Å². The SMILES string of the molecule is COC1CCCC1NS(=O)(=O)c1c(N)ccc(C)c1C. The summed E-state index contributed by atoms with van der Waals surface area (Å²) in [6.07, 6.45) is 2.58. The zero-order chi connectivity index (χ0) is 14.9. The summed E-state index contributed by atoms with van der Waals surface area (Å²) in [5.74, 6) is 0. The fourth-order valence-electron chi connectivity index (χ4n) is 2.77. The van der Waals surface area contributed by atoms with Crippen LogP contribution < -0.4 is 10.5 Å². The summed E-state index contributed by atoms with van der Waals surface area (Å²) >= 11 is 0. The normalized spacial score (nSPS) is 23.1. The van der Waals surface area contributed by atoms with Gasteiger partial charge in [-0.05, 0) is 50.3 Å². The lowest BCUT2D eigenvalue weighted by Gasteiger charge is -2.21. The van der Waals surface area contributed by atoms with Crippen molar-refractivity contribution in [1.82, 2.24) is 4.72 Å². The first-order chi connectivity index (χ1) is 9.36.